The quantitative estimate of drug-likeness (QED) is 0.587. The van der Waals surface area contributed by atoms with Crippen LogP contribution in [0.2, 0.25) is 0 Å². The highest BCUT2D eigenvalue weighted by atomic mass is 32.3. The maximum Gasteiger partial charge on any atom is 0.438 e. The van der Waals surface area contributed by atoms with Gasteiger partial charge in [-0.15, -0.1) is 0 Å². The van der Waals surface area contributed by atoms with E-state index in [1.54, 1.807) is 0 Å². The second-order valence-corrected chi connectivity index (χ2v) is 3.37. The van der Waals surface area contributed by atoms with Crippen LogP contribution in [0, 0.1) is 0 Å². The maximum absolute atomic E-state index is 12.2. The van der Waals surface area contributed by atoms with E-state index in [-0.39, 0.29) is 0 Å². The summed E-state index contributed by atoms with van der Waals surface area (Å²) in [5.41, 5.74) is 0. The third-order valence-corrected chi connectivity index (χ3v) is 1.56. The lowest BCUT2D eigenvalue weighted by atomic mass is 10.2. The molecule has 0 spiro atoms. The summed E-state index contributed by atoms with van der Waals surface area (Å²) in [6, 6.07) is 0. The van der Waals surface area contributed by atoms with Crippen LogP contribution in [-0.2, 0) is 14.7 Å². The minimum Gasteiger partial charge on any atom is -0.234 e. The second kappa shape index (κ2) is 4.31. The van der Waals surface area contributed by atoms with Gasteiger partial charge in [-0.05, 0) is 0 Å². The molecule has 0 fully saturated rings. The average molecular weight is 282 g/mol. The molecule has 0 saturated heterocycles. The zero-order chi connectivity index (χ0) is 13.4. The summed E-state index contributed by atoms with van der Waals surface area (Å²) < 4.78 is 115. The standard InChI is InChI=1S/C4H2F8O3S/c5-1(3(6,7)8)2(4(9,10)11)15-16(12,13)14/h1-2H. The fourth-order valence-corrected chi connectivity index (χ4v) is 1.02. The van der Waals surface area contributed by atoms with E-state index >= 15 is 0 Å². The summed E-state index contributed by atoms with van der Waals surface area (Å²) >= 11 is 0. The van der Waals surface area contributed by atoms with Gasteiger partial charge in [-0.1, -0.05) is 3.89 Å². The van der Waals surface area contributed by atoms with E-state index < -0.39 is 35.1 Å². The van der Waals surface area contributed by atoms with Crippen molar-refractivity contribution in [3.05, 3.63) is 0 Å². The molecule has 0 saturated carbocycles. The third kappa shape index (κ3) is 4.92. The predicted octanol–water partition coefficient (Wildman–Crippen LogP) is 2.05. The number of hydrogen-bond acceptors (Lipinski definition) is 3. The van der Waals surface area contributed by atoms with Crippen molar-refractivity contribution in [1.29, 1.82) is 0 Å². The lowest BCUT2D eigenvalue weighted by molar-refractivity contribution is -0.269. The molecule has 0 aliphatic rings. The first-order valence-electron chi connectivity index (χ1n) is 3.15. The third-order valence-electron chi connectivity index (χ3n) is 1.12. The highest BCUT2D eigenvalue weighted by molar-refractivity contribution is 7.81. The van der Waals surface area contributed by atoms with Crippen LogP contribution in [0.25, 0.3) is 0 Å². The average Bonchev–Trinajstić information content (AvgIpc) is 1.93. The van der Waals surface area contributed by atoms with E-state index in [9.17, 15) is 43.0 Å². The Kier molecular flexibility index (Phi) is 4.14. The van der Waals surface area contributed by atoms with Crippen molar-refractivity contribution in [3.8, 4) is 0 Å². The van der Waals surface area contributed by atoms with Crippen molar-refractivity contribution in [2.45, 2.75) is 24.6 Å². The van der Waals surface area contributed by atoms with Gasteiger partial charge in [0.05, 0.1) is 0 Å². The first-order valence-corrected chi connectivity index (χ1v) is 4.46. The topological polar surface area (TPSA) is 43.4 Å². The zero-order valence-corrected chi connectivity index (χ0v) is 7.63. The van der Waals surface area contributed by atoms with Gasteiger partial charge < -0.3 is 0 Å². The van der Waals surface area contributed by atoms with Crippen molar-refractivity contribution in [2.75, 3.05) is 0 Å². The second-order valence-electron chi connectivity index (χ2n) is 2.39. The van der Waals surface area contributed by atoms with Gasteiger partial charge in [-0.25, -0.2) is 8.57 Å². The summed E-state index contributed by atoms with van der Waals surface area (Å²) in [5.74, 6) is 0. The minimum atomic E-state index is -6.37. The molecular formula is C4H2F8O3S. The molecular weight excluding hydrogens is 280 g/mol. The van der Waals surface area contributed by atoms with Crippen LogP contribution in [0.1, 0.15) is 0 Å². The van der Waals surface area contributed by atoms with Crippen molar-refractivity contribution in [1.82, 2.24) is 0 Å². The lowest BCUT2D eigenvalue weighted by Crippen LogP contribution is -2.47. The van der Waals surface area contributed by atoms with Crippen LogP contribution in [0.5, 0.6) is 0 Å². The monoisotopic (exact) mass is 282 g/mol. The normalized spacial score (nSPS) is 18.2. The van der Waals surface area contributed by atoms with Gasteiger partial charge in [0.15, 0.2) is 0 Å². The smallest absolute Gasteiger partial charge is 0.234 e. The van der Waals surface area contributed by atoms with Crippen molar-refractivity contribution in [2.24, 2.45) is 0 Å². The van der Waals surface area contributed by atoms with E-state index in [4.69, 9.17) is 0 Å². The minimum absolute atomic E-state index is 2.38. The number of alkyl halides is 7. The largest absolute Gasteiger partial charge is 0.438 e. The summed E-state index contributed by atoms with van der Waals surface area (Å²) in [6.45, 7) is 0. The Labute approximate surface area is 83.4 Å². The van der Waals surface area contributed by atoms with E-state index in [1.165, 1.54) is 0 Å². The molecule has 0 N–H and O–H groups in total. The molecule has 0 aromatic heterocycles. The summed E-state index contributed by atoms with van der Waals surface area (Å²) in [5, 5.41) is 0. The van der Waals surface area contributed by atoms with Crippen molar-refractivity contribution < 1.29 is 47.2 Å². The van der Waals surface area contributed by atoms with Gasteiger partial charge in [0, 0.05) is 0 Å². The molecule has 0 aliphatic heterocycles. The molecule has 3 nitrogen and oxygen atoms in total. The summed E-state index contributed by atoms with van der Waals surface area (Å²) in [7, 11) is -6.37. The Balaban J connectivity index is 5.13. The predicted molar refractivity (Wildman–Crippen MR) is 31.9 cm³/mol. The highest BCUT2D eigenvalue weighted by Gasteiger charge is 2.59. The molecule has 16 heavy (non-hydrogen) atoms. The molecule has 2 unspecified atom stereocenters. The fourth-order valence-electron chi connectivity index (χ4n) is 0.565. The number of rotatable bonds is 3. The van der Waals surface area contributed by atoms with Crippen LogP contribution in [0.15, 0.2) is 0 Å². The Morgan fingerprint density at radius 1 is 0.938 bits per heavy atom. The zero-order valence-electron chi connectivity index (χ0n) is 6.81. The molecule has 0 bridgehead atoms. The molecule has 2 atom stereocenters. The van der Waals surface area contributed by atoms with E-state index in [0.717, 1.165) is 0 Å². The van der Waals surface area contributed by atoms with Gasteiger partial charge in [0.2, 0.25) is 12.3 Å². The molecule has 0 amide bonds. The van der Waals surface area contributed by atoms with Crippen LogP contribution >= 0.6 is 0 Å². The summed E-state index contributed by atoms with van der Waals surface area (Å²) in [4.78, 5) is 0. The van der Waals surface area contributed by atoms with Crippen molar-refractivity contribution in [3.63, 3.8) is 0 Å². The van der Waals surface area contributed by atoms with E-state index in [2.05, 4.69) is 4.18 Å². The van der Waals surface area contributed by atoms with Gasteiger partial charge in [0.1, 0.15) is 0 Å². The Morgan fingerprint density at radius 2 is 1.31 bits per heavy atom. The summed E-state index contributed by atoms with van der Waals surface area (Å²) in [6.07, 6.45) is -21.3. The number of hydrogen-bond donors (Lipinski definition) is 0. The van der Waals surface area contributed by atoms with Gasteiger partial charge >= 0.3 is 22.9 Å². The molecule has 98 valence electrons. The number of halogens is 8. The van der Waals surface area contributed by atoms with Crippen LogP contribution < -0.4 is 0 Å². The molecule has 0 rings (SSSR count). The molecule has 0 aliphatic carbocycles. The van der Waals surface area contributed by atoms with Crippen molar-refractivity contribution >= 4 is 10.5 Å². The first kappa shape index (κ1) is 15.3. The van der Waals surface area contributed by atoms with Crippen LogP contribution in [-0.4, -0.2) is 33.0 Å². The first-order chi connectivity index (χ1) is 6.75. The SMILES string of the molecule is O=S(=O)(F)OC(C(F)C(F)(F)F)C(F)(F)F. The van der Waals surface area contributed by atoms with Crippen LogP contribution in [0.4, 0.5) is 34.6 Å². The Morgan fingerprint density at radius 3 is 1.50 bits per heavy atom. The molecule has 0 aromatic rings. The molecule has 0 aromatic carbocycles. The van der Waals surface area contributed by atoms with E-state index in [0.29, 0.717) is 0 Å². The Bertz CT molecular complexity index is 328. The molecule has 0 heterocycles. The maximum atomic E-state index is 12.2. The molecule has 12 heteroatoms. The van der Waals surface area contributed by atoms with E-state index in [1.807, 2.05) is 0 Å². The van der Waals surface area contributed by atoms with Gasteiger partial charge in [0.25, 0.3) is 0 Å². The highest BCUT2D eigenvalue weighted by Crippen LogP contribution is 2.36. The van der Waals surface area contributed by atoms with Gasteiger partial charge in [-0.2, -0.15) is 34.8 Å². The van der Waals surface area contributed by atoms with Gasteiger partial charge in [-0.3, -0.25) is 0 Å². The van der Waals surface area contributed by atoms with Crippen LogP contribution in [0.3, 0.4) is 0 Å². The lowest BCUT2D eigenvalue weighted by Gasteiger charge is -2.23. The Hall–Kier alpha value is -0.650. The fraction of sp³-hybridized carbons (Fsp3) is 1.00. The molecule has 0 radical (unpaired) electrons.